The number of ketones is 1. The minimum absolute atomic E-state index is 0.118. The molecule has 2 aromatic carbocycles. The van der Waals surface area contributed by atoms with Gasteiger partial charge in [-0.3, -0.25) is 14.5 Å². The van der Waals surface area contributed by atoms with Gasteiger partial charge in [-0.15, -0.1) is 0 Å². The zero-order chi connectivity index (χ0) is 22.0. The summed E-state index contributed by atoms with van der Waals surface area (Å²) >= 11 is 6.85. The lowest BCUT2D eigenvalue weighted by molar-refractivity contribution is -0.140. The van der Waals surface area contributed by atoms with Gasteiger partial charge < -0.3 is 14.7 Å². The van der Waals surface area contributed by atoms with E-state index in [9.17, 15) is 14.7 Å². The first-order valence-corrected chi connectivity index (χ1v) is 11.6. The number of benzene rings is 2. The number of aliphatic hydroxyl groups is 1. The van der Waals surface area contributed by atoms with Crippen molar-refractivity contribution in [1.82, 2.24) is 9.80 Å². The molecule has 2 fully saturated rings. The summed E-state index contributed by atoms with van der Waals surface area (Å²) in [6, 6.07) is 13.9. The molecule has 0 radical (unpaired) electrons. The number of rotatable bonds is 5. The molecule has 1 atom stereocenters. The molecule has 0 spiro atoms. The molecule has 6 nitrogen and oxygen atoms in total. The molecule has 8 heteroatoms. The van der Waals surface area contributed by atoms with Gasteiger partial charge >= 0.3 is 0 Å². The summed E-state index contributed by atoms with van der Waals surface area (Å²) in [5.41, 5.74) is 1.39. The second kappa shape index (κ2) is 9.65. The lowest BCUT2D eigenvalue weighted by Crippen LogP contribution is -2.42. The van der Waals surface area contributed by atoms with Crippen LogP contribution in [0.1, 0.15) is 17.2 Å². The number of morpholine rings is 1. The van der Waals surface area contributed by atoms with E-state index in [0.717, 1.165) is 27.6 Å². The molecule has 0 aromatic heterocycles. The van der Waals surface area contributed by atoms with Crippen LogP contribution in [0.25, 0.3) is 5.76 Å². The van der Waals surface area contributed by atoms with E-state index in [4.69, 9.17) is 4.74 Å². The highest BCUT2D eigenvalue weighted by Crippen LogP contribution is 2.40. The maximum Gasteiger partial charge on any atom is 0.295 e. The SMILES string of the molecule is O=C1C(=O)N(CCN2CCOCC2)[C@@H](c2cccc(Br)c2)C1=C(O)c1ccc(Br)cc1. The molecular weight excluding hydrogens is 528 g/mol. The van der Waals surface area contributed by atoms with Crippen molar-refractivity contribution in [3.8, 4) is 0 Å². The molecule has 0 saturated carbocycles. The van der Waals surface area contributed by atoms with Crippen LogP contribution in [0.4, 0.5) is 0 Å². The normalized spacial score (nSPS) is 21.6. The van der Waals surface area contributed by atoms with E-state index in [1.54, 1.807) is 29.2 Å². The van der Waals surface area contributed by atoms with Crippen molar-refractivity contribution in [3.63, 3.8) is 0 Å². The third-order valence-electron chi connectivity index (χ3n) is 5.58. The van der Waals surface area contributed by atoms with Crippen LogP contribution in [-0.2, 0) is 14.3 Å². The van der Waals surface area contributed by atoms with Gasteiger partial charge in [0.2, 0.25) is 0 Å². The molecule has 2 saturated heterocycles. The average Bonchev–Trinajstić information content (AvgIpc) is 3.03. The van der Waals surface area contributed by atoms with E-state index in [2.05, 4.69) is 36.8 Å². The predicted molar refractivity (Wildman–Crippen MR) is 125 cm³/mol. The third kappa shape index (κ3) is 4.77. The van der Waals surface area contributed by atoms with Crippen molar-refractivity contribution < 1.29 is 19.4 Å². The van der Waals surface area contributed by atoms with Gasteiger partial charge in [-0.1, -0.05) is 56.1 Å². The van der Waals surface area contributed by atoms with Gasteiger partial charge in [-0.05, 0) is 29.8 Å². The summed E-state index contributed by atoms with van der Waals surface area (Å²) in [6.45, 7) is 3.95. The van der Waals surface area contributed by atoms with Crippen LogP contribution >= 0.6 is 31.9 Å². The van der Waals surface area contributed by atoms with Crippen LogP contribution in [0.15, 0.2) is 63.0 Å². The van der Waals surface area contributed by atoms with E-state index in [0.29, 0.717) is 31.9 Å². The second-order valence-corrected chi connectivity index (χ2v) is 9.34. The number of halogens is 2. The molecule has 2 aliphatic rings. The Balaban J connectivity index is 1.73. The van der Waals surface area contributed by atoms with E-state index in [1.807, 2.05) is 24.3 Å². The van der Waals surface area contributed by atoms with Gasteiger partial charge in [-0.25, -0.2) is 0 Å². The molecule has 0 aliphatic carbocycles. The lowest BCUT2D eigenvalue weighted by atomic mass is 9.95. The van der Waals surface area contributed by atoms with Crippen molar-refractivity contribution in [2.45, 2.75) is 6.04 Å². The Bertz CT molecular complexity index is 1020. The largest absolute Gasteiger partial charge is 0.507 e. The van der Waals surface area contributed by atoms with E-state index in [-0.39, 0.29) is 11.3 Å². The molecule has 2 heterocycles. The van der Waals surface area contributed by atoms with Crippen LogP contribution in [0.2, 0.25) is 0 Å². The highest BCUT2D eigenvalue weighted by molar-refractivity contribution is 9.10. The minimum atomic E-state index is -0.660. The number of amides is 1. The topological polar surface area (TPSA) is 70.1 Å². The first kappa shape index (κ1) is 22.2. The Kier molecular flexibility index (Phi) is 6.91. The highest BCUT2D eigenvalue weighted by atomic mass is 79.9. The fraction of sp³-hybridized carbons (Fsp3) is 0.304. The number of likely N-dealkylation sites (tertiary alicyclic amines) is 1. The molecule has 4 rings (SSSR count). The number of nitrogens with zero attached hydrogens (tertiary/aromatic N) is 2. The smallest absolute Gasteiger partial charge is 0.295 e. The zero-order valence-electron chi connectivity index (χ0n) is 16.8. The van der Waals surface area contributed by atoms with Gasteiger partial charge in [0.1, 0.15) is 5.76 Å². The zero-order valence-corrected chi connectivity index (χ0v) is 19.9. The van der Waals surface area contributed by atoms with Crippen LogP contribution in [0.5, 0.6) is 0 Å². The minimum Gasteiger partial charge on any atom is -0.507 e. The lowest BCUT2D eigenvalue weighted by Gasteiger charge is -2.31. The Labute approximate surface area is 197 Å². The Morgan fingerprint density at radius 1 is 1.00 bits per heavy atom. The van der Waals surface area contributed by atoms with Crippen LogP contribution < -0.4 is 0 Å². The maximum atomic E-state index is 13.1. The summed E-state index contributed by atoms with van der Waals surface area (Å²) in [6.07, 6.45) is 0. The summed E-state index contributed by atoms with van der Waals surface area (Å²) < 4.78 is 7.09. The van der Waals surface area contributed by atoms with Crippen molar-refractivity contribution in [2.75, 3.05) is 39.4 Å². The molecule has 1 amide bonds. The molecule has 31 heavy (non-hydrogen) atoms. The standard InChI is InChI=1S/C23H22Br2N2O4/c24-17-6-4-15(5-7-17)21(28)19-20(16-2-1-3-18(25)14-16)27(23(30)22(19)29)9-8-26-10-12-31-13-11-26/h1-7,14,20,28H,8-13H2/t20-/m0/s1. The molecule has 0 unspecified atom stereocenters. The second-order valence-electron chi connectivity index (χ2n) is 7.51. The summed E-state index contributed by atoms with van der Waals surface area (Å²) in [5, 5.41) is 11.1. The molecule has 2 aliphatic heterocycles. The highest BCUT2D eigenvalue weighted by Gasteiger charge is 2.46. The van der Waals surface area contributed by atoms with Gasteiger partial charge in [0, 0.05) is 40.7 Å². The molecule has 2 aromatic rings. The first-order valence-electron chi connectivity index (χ1n) is 10.1. The van der Waals surface area contributed by atoms with E-state index >= 15 is 0 Å². The number of hydrogen-bond donors (Lipinski definition) is 1. The first-order chi connectivity index (χ1) is 15.0. The van der Waals surface area contributed by atoms with Crippen molar-refractivity contribution in [2.24, 2.45) is 0 Å². The van der Waals surface area contributed by atoms with Crippen LogP contribution in [0.3, 0.4) is 0 Å². The van der Waals surface area contributed by atoms with Crippen LogP contribution in [0, 0.1) is 0 Å². The fourth-order valence-electron chi connectivity index (χ4n) is 3.97. The Hall–Kier alpha value is -2.00. The van der Waals surface area contributed by atoms with Gasteiger partial charge in [0.15, 0.2) is 0 Å². The van der Waals surface area contributed by atoms with Gasteiger partial charge in [-0.2, -0.15) is 0 Å². The molecular formula is C23H22Br2N2O4. The van der Waals surface area contributed by atoms with Crippen molar-refractivity contribution >= 4 is 49.3 Å². The summed E-state index contributed by atoms with van der Waals surface area (Å²) in [4.78, 5) is 29.9. The number of aliphatic hydroxyl groups excluding tert-OH is 1. The van der Waals surface area contributed by atoms with E-state index < -0.39 is 17.7 Å². The predicted octanol–water partition coefficient (Wildman–Crippen LogP) is 3.97. The van der Waals surface area contributed by atoms with Gasteiger partial charge in [0.25, 0.3) is 11.7 Å². The Morgan fingerprint density at radius 3 is 2.39 bits per heavy atom. The summed E-state index contributed by atoms with van der Waals surface area (Å²) in [7, 11) is 0. The van der Waals surface area contributed by atoms with E-state index in [1.165, 1.54) is 0 Å². The number of hydrogen-bond acceptors (Lipinski definition) is 5. The van der Waals surface area contributed by atoms with Crippen molar-refractivity contribution in [1.29, 1.82) is 0 Å². The Morgan fingerprint density at radius 2 is 1.71 bits per heavy atom. The van der Waals surface area contributed by atoms with Crippen LogP contribution in [-0.4, -0.2) is 66.0 Å². The number of Topliss-reactive ketones (excluding diaryl/α,β-unsaturated/α-hetero) is 1. The number of carbonyl (C=O) groups excluding carboxylic acids is 2. The quantitative estimate of drug-likeness (QED) is 0.347. The maximum absolute atomic E-state index is 13.1. The molecule has 162 valence electrons. The van der Waals surface area contributed by atoms with Gasteiger partial charge in [0.05, 0.1) is 24.8 Å². The summed E-state index contributed by atoms with van der Waals surface area (Å²) in [5.74, 6) is -1.41. The third-order valence-corrected chi connectivity index (χ3v) is 6.60. The van der Waals surface area contributed by atoms with Crippen molar-refractivity contribution in [3.05, 3.63) is 74.2 Å². The number of ether oxygens (including phenoxy) is 1. The number of carbonyl (C=O) groups is 2. The monoisotopic (exact) mass is 548 g/mol. The fourth-order valence-corrected chi connectivity index (χ4v) is 4.65. The average molecular weight is 550 g/mol. The molecule has 0 bridgehead atoms. The molecule has 1 N–H and O–H groups in total.